The van der Waals surface area contributed by atoms with Gasteiger partial charge in [-0.15, -0.1) is 11.8 Å². The Hall–Kier alpha value is -2.90. The summed E-state index contributed by atoms with van der Waals surface area (Å²) in [4.78, 5) is 12.6. The maximum absolute atomic E-state index is 15.0. The van der Waals surface area contributed by atoms with Crippen LogP contribution in [0.3, 0.4) is 0 Å². The number of carboxylic acid groups (broad SMARTS) is 1. The first-order valence-corrected chi connectivity index (χ1v) is 12.1. The lowest BCUT2D eigenvalue weighted by molar-refractivity contribution is -0.147. The molecule has 0 aromatic heterocycles. The number of aliphatic hydroxyl groups is 1. The van der Waals surface area contributed by atoms with Crippen LogP contribution in [0.1, 0.15) is 25.3 Å². The van der Waals surface area contributed by atoms with Crippen LogP contribution in [0.2, 0.25) is 0 Å². The van der Waals surface area contributed by atoms with Crippen LogP contribution in [-0.4, -0.2) is 34.6 Å². The maximum Gasteiger partial charge on any atom is 0.306 e. The average Bonchev–Trinajstić information content (AvgIpc) is 2.83. The van der Waals surface area contributed by atoms with Gasteiger partial charge in [0.2, 0.25) is 0 Å². The second kappa shape index (κ2) is 12.0. The van der Waals surface area contributed by atoms with Crippen LogP contribution in [0.5, 0.6) is 5.75 Å². The molecule has 0 saturated heterocycles. The minimum Gasteiger partial charge on any atom is -0.494 e. The average molecular weight is 487 g/mol. The molecule has 3 aromatic rings. The van der Waals surface area contributed by atoms with Gasteiger partial charge < -0.3 is 14.9 Å². The lowest BCUT2D eigenvalue weighted by Crippen LogP contribution is -2.28. The van der Waals surface area contributed by atoms with E-state index in [1.807, 2.05) is 61.5 Å². The van der Waals surface area contributed by atoms with Gasteiger partial charge in [0.1, 0.15) is 5.75 Å². The Morgan fingerprint density at radius 1 is 0.971 bits per heavy atom. The van der Waals surface area contributed by atoms with Crippen LogP contribution in [0.4, 0.5) is 8.78 Å². The van der Waals surface area contributed by atoms with E-state index in [0.29, 0.717) is 6.61 Å². The number of carbonyl (C=O) groups is 1. The molecular weight excluding hydrogens is 458 g/mol. The fourth-order valence-corrected chi connectivity index (χ4v) is 4.49. The summed E-state index contributed by atoms with van der Waals surface area (Å²) in [5.41, 5.74) is 1.38. The standard InChI is InChI=1S/C27H28F2O4S/c1-2-33-24-14-10-20(11-15-24)19-8-12-22(13-9-19)27(28,29)17-21(26(31)32)16-23(30)18-34-25-6-4-3-5-7-25/h3-15,21,23,30H,2,16-18H2,1H3,(H,31,32). The topological polar surface area (TPSA) is 66.8 Å². The molecule has 2 atom stereocenters. The molecule has 0 saturated carbocycles. The molecule has 0 spiro atoms. The van der Waals surface area contributed by atoms with E-state index in [0.717, 1.165) is 21.8 Å². The third kappa shape index (κ3) is 7.30. The van der Waals surface area contributed by atoms with E-state index >= 15 is 0 Å². The number of aliphatic hydroxyl groups excluding tert-OH is 1. The van der Waals surface area contributed by atoms with Gasteiger partial charge >= 0.3 is 5.97 Å². The Morgan fingerprint density at radius 3 is 2.12 bits per heavy atom. The summed E-state index contributed by atoms with van der Waals surface area (Å²) in [6.45, 7) is 2.45. The molecule has 0 aliphatic rings. The lowest BCUT2D eigenvalue weighted by Gasteiger charge is -2.23. The molecule has 3 aromatic carbocycles. The quantitative estimate of drug-likeness (QED) is 0.287. The van der Waals surface area contributed by atoms with E-state index < -0.39 is 30.3 Å². The molecule has 0 bridgehead atoms. The second-order valence-electron chi connectivity index (χ2n) is 7.99. The lowest BCUT2D eigenvalue weighted by atomic mass is 9.91. The van der Waals surface area contributed by atoms with Crippen molar-refractivity contribution in [2.75, 3.05) is 12.4 Å². The first-order valence-electron chi connectivity index (χ1n) is 11.1. The van der Waals surface area contributed by atoms with Gasteiger partial charge in [0.15, 0.2) is 0 Å². The summed E-state index contributed by atoms with van der Waals surface area (Å²) in [5, 5.41) is 19.8. The minimum atomic E-state index is -3.34. The Kier molecular flexibility index (Phi) is 9.07. The van der Waals surface area contributed by atoms with E-state index in [2.05, 4.69) is 0 Å². The highest BCUT2D eigenvalue weighted by Crippen LogP contribution is 2.37. The zero-order chi connectivity index (χ0) is 24.6. The number of carboxylic acids is 1. The highest BCUT2D eigenvalue weighted by atomic mass is 32.2. The van der Waals surface area contributed by atoms with Gasteiger partial charge in [0, 0.05) is 22.6 Å². The number of rotatable bonds is 12. The third-order valence-electron chi connectivity index (χ3n) is 5.40. The summed E-state index contributed by atoms with van der Waals surface area (Å²) >= 11 is 1.36. The van der Waals surface area contributed by atoms with E-state index in [-0.39, 0.29) is 17.7 Å². The number of hydrogen-bond acceptors (Lipinski definition) is 4. The SMILES string of the molecule is CCOc1ccc(-c2ccc(C(F)(F)CC(CC(O)CSc3ccccc3)C(=O)O)cc2)cc1. The highest BCUT2D eigenvalue weighted by molar-refractivity contribution is 7.99. The molecule has 2 N–H and O–H groups in total. The number of alkyl halides is 2. The molecule has 2 unspecified atom stereocenters. The van der Waals surface area contributed by atoms with Crippen molar-refractivity contribution in [2.24, 2.45) is 5.92 Å². The van der Waals surface area contributed by atoms with Gasteiger partial charge in [-0.1, -0.05) is 54.6 Å². The van der Waals surface area contributed by atoms with Gasteiger partial charge in [0.25, 0.3) is 5.92 Å². The van der Waals surface area contributed by atoms with Gasteiger partial charge in [-0.3, -0.25) is 4.79 Å². The summed E-state index contributed by atoms with van der Waals surface area (Å²) in [6, 6.07) is 22.5. The van der Waals surface area contributed by atoms with Gasteiger partial charge in [-0.05, 0) is 48.7 Å². The van der Waals surface area contributed by atoms with Crippen LogP contribution in [0, 0.1) is 5.92 Å². The molecule has 0 fully saturated rings. The van der Waals surface area contributed by atoms with E-state index in [1.165, 1.54) is 23.9 Å². The van der Waals surface area contributed by atoms with Crippen LogP contribution >= 0.6 is 11.8 Å². The smallest absolute Gasteiger partial charge is 0.306 e. The first-order chi connectivity index (χ1) is 16.3. The second-order valence-corrected chi connectivity index (χ2v) is 9.09. The number of benzene rings is 3. The van der Waals surface area contributed by atoms with E-state index in [4.69, 9.17) is 4.74 Å². The van der Waals surface area contributed by atoms with Crippen molar-refractivity contribution >= 4 is 17.7 Å². The van der Waals surface area contributed by atoms with Crippen molar-refractivity contribution in [1.82, 2.24) is 0 Å². The van der Waals surface area contributed by atoms with E-state index in [9.17, 15) is 23.8 Å². The van der Waals surface area contributed by atoms with Gasteiger partial charge in [0.05, 0.1) is 18.6 Å². The molecule has 0 radical (unpaired) electrons. The van der Waals surface area contributed by atoms with Crippen LogP contribution in [0.15, 0.2) is 83.8 Å². The van der Waals surface area contributed by atoms with Crippen LogP contribution in [0.25, 0.3) is 11.1 Å². The first kappa shape index (κ1) is 25.7. The summed E-state index contributed by atoms with van der Waals surface area (Å²) in [6.07, 6.45) is -2.13. The van der Waals surface area contributed by atoms with Gasteiger partial charge in [-0.2, -0.15) is 0 Å². The fourth-order valence-electron chi connectivity index (χ4n) is 3.62. The number of ether oxygens (including phenoxy) is 1. The van der Waals surface area contributed by atoms with E-state index in [1.54, 1.807) is 12.1 Å². The molecule has 3 rings (SSSR count). The van der Waals surface area contributed by atoms with Gasteiger partial charge in [-0.25, -0.2) is 8.78 Å². The minimum absolute atomic E-state index is 0.232. The molecular formula is C27H28F2O4S. The Labute approximate surface area is 202 Å². The van der Waals surface area contributed by atoms with Crippen molar-refractivity contribution < 1.29 is 28.5 Å². The number of halogens is 2. The van der Waals surface area contributed by atoms with Crippen molar-refractivity contribution in [3.63, 3.8) is 0 Å². The van der Waals surface area contributed by atoms with Crippen molar-refractivity contribution in [2.45, 2.75) is 36.7 Å². The zero-order valence-electron chi connectivity index (χ0n) is 18.9. The van der Waals surface area contributed by atoms with Crippen LogP contribution in [-0.2, 0) is 10.7 Å². The summed E-state index contributed by atoms with van der Waals surface area (Å²) in [7, 11) is 0. The molecule has 0 aliphatic carbocycles. The predicted octanol–water partition coefficient (Wildman–Crippen LogP) is 6.48. The van der Waals surface area contributed by atoms with Crippen LogP contribution < -0.4 is 4.74 Å². The number of aliphatic carboxylic acids is 1. The fraction of sp³-hybridized carbons (Fsp3) is 0.296. The number of thioether (sulfide) groups is 1. The molecule has 7 heteroatoms. The molecule has 34 heavy (non-hydrogen) atoms. The summed E-state index contributed by atoms with van der Waals surface area (Å²) < 4.78 is 35.4. The largest absolute Gasteiger partial charge is 0.494 e. The normalized spacial score (nSPS) is 13.3. The Bertz CT molecular complexity index is 1040. The highest BCUT2D eigenvalue weighted by Gasteiger charge is 2.38. The van der Waals surface area contributed by atoms with Crippen molar-refractivity contribution in [3.8, 4) is 16.9 Å². The molecule has 180 valence electrons. The molecule has 0 heterocycles. The number of hydrogen-bond donors (Lipinski definition) is 2. The summed E-state index contributed by atoms with van der Waals surface area (Å²) in [5.74, 6) is -5.08. The maximum atomic E-state index is 15.0. The third-order valence-corrected chi connectivity index (χ3v) is 6.56. The Morgan fingerprint density at radius 2 is 1.56 bits per heavy atom. The molecule has 0 amide bonds. The zero-order valence-corrected chi connectivity index (χ0v) is 19.7. The Balaban J connectivity index is 1.63. The molecule has 0 aliphatic heterocycles. The predicted molar refractivity (Wildman–Crippen MR) is 130 cm³/mol. The monoisotopic (exact) mass is 486 g/mol. The molecule has 4 nitrogen and oxygen atoms in total. The van der Waals surface area contributed by atoms with Crippen molar-refractivity contribution in [1.29, 1.82) is 0 Å². The van der Waals surface area contributed by atoms with Crippen molar-refractivity contribution in [3.05, 3.63) is 84.4 Å².